The first-order valence-electron chi connectivity index (χ1n) is 11.6. The van der Waals surface area contributed by atoms with Crippen molar-refractivity contribution in [1.82, 2.24) is 0 Å². The van der Waals surface area contributed by atoms with E-state index in [1.165, 1.54) is 64.2 Å². The number of unbranched alkanes of at least 4 members (excludes halogenated alkanes) is 10. The van der Waals surface area contributed by atoms with E-state index in [0.29, 0.717) is 18.9 Å². The molecule has 0 aliphatic heterocycles. The minimum atomic E-state index is -0.386. The molecular formula is C24H42O3. The Labute approximate surface area is 167 Å². The van der Waals surface area contributed by atoms with Crippen molar-refractivity contribution in [1.29, 1.82) is 0 Å². The van der Waals surface area contributed by atoms with Crippen molar-refractivity contribution in [3.63, 3.8) is 0 Å². The third kappa shape index (κ3) is 13.8. The van der Waals surface area contributed by atoms with Gasteiger partial charge in [0.15, 0.2) is 0 Å². The van der Waals surface area contributed by atoms with E-state index in [1.807, 2.05) is 6.92 Å². The van der Waals surface area contributed by atoms with E-state index in [2.05, 4.69) is 11.8 Å². The molecule has 1 aliphatic rings. The Morgan fingerprint density at radius 2 is 1.48 bits per heavy atom. The Morgan fingerprint density at radius 3 is 2.07 bits per heavy atom. The van der Waals surface area contributed by atoms with Crippen molar-refractivity contribution < 1.29 is 14.6 Å². The normalized spacial score (nSPS) is 15.8. The third-order valence-electron chi connectivity index (χ3n) is 5.58. The lowest BCUT2D eigenvalue weighted by atomic mass is 9.85. The molecule has 0 saturated heterocycles. The minimum Gasteiger partial charge on any atom is -0.466 e. The highest BCUT2D eigenvalue weighted by Gasteiger charge is 2.19. The minimum absolute atomic E-state index is 0.0503. The lowest BCUT2D eigenvalue weighted by Gasteiger charge is -2.23. The van der Waals surface area contributed by atoms with E-state index in [9.17, 15) is 9.90 Å². The van der Waals surface area contributed by atoms with Gasteiger partial charge in [-0.1, -0.05) is 76.5 Å². The maximum Gasteiger partial charge on any atom is 0.305 e. The Kier molecular flexibility index (Phi) is 15.2. The average Bonchev–Trinajstić information content (AvgIpc) is 2.69. The number of carbonyl (C=O) groups is 1. The molecule has 1 aliphatic carbocycles. The highest BCUT2D eigenvalue weighted by molar-refractivity contribution is 5.69. The van der Waals surface area contributed by atoms with Crippen molar-refractivity contribution in [2.45, 2.75) is 122 Å². The van der Waals surface area contributed by atoms with Gasteiger partial charge < -0.3 is 9.84 Å². The van der Waals surface area contributed by atoms with Gasteiger partial charge >= 0.3 is 5.97 Å². The van der Waals surface area contributed by atoms with Crippen LogP contribution >= 0.6 is 0 Å². The van der Waals surface area contributed by atoms with Crippen LogP contribution in [0, 0.1) is 17.8 Å². The second-order valence-electron chi connectivity index (χ2n) is 8.00. The first kappa shape index (κ1) is 24.0. The summed E-state index contributed by atoms with van der Waals surface area (Å²) in [5.74, 6) is 6.65. The van der Waals surface area contributed by atoms with Gasteiger partial charge in [-0.15, -0.1) is 5.92 Å². The summed E-state index contributed by atoms with van der Waals surface area (Å²) in [6, 6.07) is 0. The third-order valence-corrected chi connectivity index (χ3v) is 5.58. The molecule has 156 valence electrons. The highest BCUT2D eigenvalue weighted by atomic mass is 16.5. The van der Waals surface area contributed by atoms with Crippen molar-refractivity contribution in [2.75, 3.05) is 6.61 Å². The standard InChI is InChI=1S/C24H42O3/c1-2-27-24(26)21-17-12-10-8-6-4-3-5-7-9-11-16-20-23(25)22-18-14-13-15-19-22/h22-23,25H,2-15,17-19,21H2,1H3/t23-/m0/s1. The van der Waals surface area contributed by atoms with Crippen LogP contribution in [0.15, 0.2) is 0 Å². The lowest BCUT2D eigenvalue weighted by molar-refractivity contribution is -0.143. The van der Waals surface area contributed by atoms with Gasteiger partial charge in [0.2, 0.25) is 0 Å². The van der Waals surface area contributed by atoms with Crippen molar-refractivity contribution in [3.05, 3.63) is 0 Å². The smallest absolute Gasteiger partial charge is 0.305 e. The molecule has 1 rings (SSSR count). The summed E-state index contributed by atoms with van der Waals surface area (Å²) in [6.45, 7) is 2.35. The Bertz CT molecular complexity index is 415. The SMILES string of the molecule is CCOC(=O)CCCCCCCCCCCCC#C[C@H](O)C1CCCCC1. The second-order valence-corrected chi connectivity index (χ2v) is 8.00. The molecule has 0 aromatic rings. The highest BCUT2D eigenvalue weighted by Crippen LogP contribution is 2.26. The first-order chi connectivity index (χ1) is 13.2. The topological polar surface area (TPSA) is 46.5 Å². The van der Waals surface area contributed by atoms with Crippen LogP contribution in [-0.4, -0.2) is 23.8 Å². The molecule has 0 spiro atoms. The van der Waals surface area contributed by atoms with Gasteiger partial charge in [0, 0.05) is 12.8 Å². The predicted octanol–water partition coefficient (Wildman–Crippen LogP) is 6.18. The van der Waals surface area contributed by atoms with E-state index in [0.717, 1.165) is 38.5 Å². The predicted molar refractivity (Wildman–Crippen MR) is 112 cm³/mol. The summed E-state index contributed by atoms with van der Waals surface area (Å²) in [6.07, 6.45) is 19.6. The molecule has 1 saturated carbocycles. The summed E-state index contributed by atoms with van der Waals surface area (Å²) in [7, 11) is 0. The fourth-order valence-corrected chi connectivity index (χ4v) is 3.87. The molecule has 1 fully saturated rings. The largest absolute Gasteiger partial charge is 0.466 e. The van der Waals surface area contributed by atoms with Gasteiger partial charge in [-0.05, 0) is 38.5 Å². The van der Waals surface area contributed by atoms with E-state index < -0.39 is 0 Å². The quantitative estimate of drug-likeness (QED) is 0.223. The summed E-state index contributed by atoms with van der Waals surface area (Å²) in [5, 5.41) is 10.1. The maximum atomic E-state index is 11.2. The fourth-order valence-electron chi connectivity index (χ4n) is 3.87. The summed E-state index contributed by atoms with van der Waals surface area (Å²) in [4.78, 5) is 11.2. The Hall–Kier alpha value is -1.01. The number of hydrogen-bond donors (Lipinski definition) is 1. The van der Waals surface area contributed by atoms with Crippen molar-refractivity contribution in [3.8, 4) is 11.8 Å². The number of esters is 1. The van der Waals surface area contributed by atoms with Gasteiger partial charge in [0.05, 0.1) is 6.61 Å². The molecule has 0 unspecified atom stereocenters. The number of aliphatic hydroxyl groups excluding tert-OH is 1. The molecule has 0 aromatic heterocycles. The van der Waals surface area contributed by atoms with Crippen LogP contribution in [-0.2, 0) is 9.53 Å². The summed E-state index contributed by atoms with van der Waals surface area (Å²) < 4.78 is 4.93. The zero-order valence-corrected chi connectivity index (χ0v) is 17.6. The van der Waals surface area contributed by atoms with Crippen LogP contribution in [0.5, 0.6) is 0 Å². The van der Waals surface area contributed by atoms with E-state index >= 15 is 0 Å². The number of hydrogen-bond acceptors (Lipinski definition) is 3. The molecule has 0 radical (unpaired) electrons. The monoisotopic (exact) mass is 378 g/mol. The molecule has 3 nitrogen and oxygen atoms in total. The van der Waals surface area contributed by atoms with Crippen LogP contribution in [0.2, 0.25) is 0 Å². The summed E-state index contributed by atoms with van der Waals surface area (Å²) >= 11 is 0. The van der Waals surface area contributed by atoms with Crippen LogP contribution in [0.3, 0.4) is 0 Å². The number of aliphatic hydroxyl groups is 1. The molecule has 0 amide bonds. The zero-order chi connectivity index (χ0) is 19.6. The van der Waals surface area contributed by atoms with Crippen LogP contribution in [0.4, 0.5) is 0 Å². The lowest BCUT2D eigenvalue weighted by Crippen LogP contribution is -2.21. The molecule has 1 atom stereocenters. The number of carbonyl (C=O) groups excluding carboxylic acids is 1. The van der Waals surface area contributed by atoms with E-state index in [4.69, 9.17) is 4.74 Å². The van der Waals surface area contributed by atoms with Crippen LogP contribution in [0.1, 0.15) is 116 Å². The molecule has 0 bridgehead atoms. The molecule has 0 heterocycles. The molecule has 0 aromatic carbocycles. The molecule has 1 N–H and O–H groups in total. The maximum absolute atomic E-state index is 11.2. The second kappa shape index (κ2) is 17.1. The fraction of sp³-hybridized carbons (Fsp3) is 0.875. The van der Waals surface area contributed by atoms with Crippen LogP contribution < -0.4 is 0 Å². The van der Waals surface area contributed by atoms with Gasteiger partial charge in [-0.25, -0.2) is 0 Å². The molecule has 3 heteroatoms. The van der Waals surface area contributed by atoms with Gasteiger partial charge in [-0.3, -0.25) is 4.79 Å². The van der Waals surface area contributed by atoms with Crippen molar-refractivity contribution in [2.24, 2.45) is 5.92 Å². The Morgan fingerprint density at radius 1 is 0.926 bits per heavy atom. The van der Waals surface area contributed by atoms with E-state index in [-0.39, 0.29) is 12.1 Å². The van der Waals surface area contributed by atoms with E-state index in [1.54, 1.807) is 0 Å². The number of ether oxygens (including phenoxy) is 1. The Balaban J connectivity index is 1.81. The first-order valence-corrected chi connectivity index (χ1v) is 11.6. The van der Waals surface area contributed by atoms with Crippen molar-refractivity contribution >= 4 is 5.97 Å². The van der Waals surface area contributed by atoms with Gasteiger partial charge in [-0.2, -0.15) is 0 Å². The average molecular weight is 379 g/mol. The van der Waals surface area contributed by atoms with Gasteiger partial charge in [0.1, 0.15) is 6.10 Å². The molecular weight excluding hydrogens is 336 g/mol. The summed E-state index contributed by atoms with van der Waals surface area (Å²) in [5.41, 5.74) is 0. The molecule has 27 heavy (non-hydrogen) atoms. The van der Waals surface area contributed by atoms with Gasteiger partial charge in [0.25, 0.3) is 0 Å². The number of rotatable bonds is 14. The zero-order valence-electron chi connectivity index (χ0n) is 17.6. The van der Waals surface area contributed by atoms with Crippen LogP contribution in [0.25, 0.3) is 0 Å².